The van der Waals surface area contributed by atoms with Gasteiger partial charge in [-0.2, -0.15) is 0 Å². The summed E-state index contributed by atoms with van der Waals surface area (Å²) in [6, 6.07) is 0. The fourth-order valence-electron chi connectivity index (χ4n) is 1.19. The van der Waals surface area contributed by atoms with Crippen LogP contribution in [0.1, 0.15) is 39.0 Å². The standard InChI is InChI=1S/C12H24O2Si/c1-5-6-7-8-9-10-11-12(13)14-15(2,3)4/h9-10H,5-8,11H2,1-4H3. The van der Waals surface area contributed by atoms with Gasteiger partial charge in [-0.15, -0.1) is 0 Å². The summed E-state index contributed by atoms with van der Waals surface area (Å²) in [5, 5.41) is 0. The van der Waals surface area contributed by atoms with Crippen molar-refractivity contribution in [3.63, 3.8) is 0 Å². The van der Waals surface area contributed by atoms with E-state index in [4.69, 9.17) is 4.43 Å². The Morgan fingerprint density at radius 3 is 2.40 bits per heavy atom. The molecular formula is C12H24O2Si. The van der Waals surface area contributed by atoms with E-state index in [-0.39, 0.29) is 5.97 Å². The van der Waals surface area contributed by atoms with Crippen LogP contribution in [-0.2, 0) is 9.22 Å². The Balaban J connectivity index is 3.54. The van der Waals surface area contributed by atoms with Gasteiger partial charge in [-0.05, 0) is 32.5 Å². The topological polar surface area (TPSA) is 26.3 Å². The second kappa shape index (κ2) is 7.68. The molecule has 2 nitrogen and oxygen atoms in total. The SMILES string of the molecule is CCCCCC=CCC(=O)O[Si](C)(C)C. The van der Waals surface area contributed by atoms with Crippen molar-refractivity contribution in [2.75, 3.05) is 0 Å². The van der Waals surface area contributed by atoms with E-state index < -0.39 is 8.32 Å². The molecule has 3 heteroatoms. The molecule has 0 spiro atoms. The van der Waals surface area contributed by atoms with Crippen LogP contribution in [0.5, 0.6) is 0 Å². The molecular weight excluding hydrogens is 204 g/mol. The first-order valence-electron chi connectivity index (χ1n) is 5.82. The molecule has 0 saturated carbocycles. The van der Waals surface area contributed by atoms with E-state index in [1.54, 1.807) is 0 Å². The molecule has 0 heterocycles. The van der Waals surface area contributed by atoms with Crippen LogP contribution in [0.15, 0.2) is 12.2 Å². The predicted octanol–water partition coefficient (Wildman–Crippen LogP) is 3.89. The lowest BCUT2D eigenvalue weighted by atomic mass is 10.2. The zero-order chi connectivity index (χ0) is 11.7. The highest BCUT2D eigenvalue weighted by molar-refractivity contribution is 6.71. The average Bonchev–Trinajstić information content (AvgIpc) is 2.08. The number of hydrogen-bond donors (Lipinski definition) is 0. The smallest absolute Gasteiger partial charge is 0.296 e. The van der Waals surface area contributed by atoms with E-state index in [0.29, 0.717) is 6.42 Å². The average molecular weight is 228 g/mol. The van der Waals surface area contributed by atoms with Crippen molar-refractivity contribution in [1.29, 1.82) is 0 Å². The van der Waals surface area contributed by atoms with Gasteiger partial charge in [-0.25, -0.2) is 0 Å². The molecule has 0 aliphatic heterocycles. The number of carbonyl (C=O) groups excluding carboxylic acids is 1. The van der Waals surface area contributed by atoms with Crippen LogP contribution in [-0.4, -0.2) is 14.3 Å². The highest BCUT2D eigenvalue weighted by atomic mass is 28.4. The fourth-order valence-corrected chi connectivity index (χ4v) is 1.96. The van der Waals surface area contributed by atoms with Gasteiger partial charge in [0.25, 0.3) is 5.97 Å². The van der Waals surface area contributed by atoms with Crippen molar-refractivity contribution in [3.05, 3.63) is 12.2 Å². The summed E-state index contributed by atoms with van der Waals surface area (Å²) < 4.78 is 5.31. The molecule has 0 radical (unpaired) electrons. The lowest BCUT2D eigenvalue weighted by molar-refractivity contribution is -0.134. The van der Waals surface area contributed by atoms with Crippen LogP contribution in [0.4, 0.5) is 0 Å². The van der Waals surface area contributed by atoms with Gasteiger partial charge < -0.3 is 4.43 Å². The Bertz CT molecular complexity index is 204. The predicted molar refractivity (Wildman–Crippen MR) is 67.3 cm³/mol. The Kier molecular flexibility index (Phi) is 7.39. The maximum absolute atomic E-state index is 11.3. The van der Waals surface area contributed by atoms with Gasteiger partial charge in [0.1, 0.15) is 0 Å². The van der Waals surface area contributed by atoms with E-state index in [1.165, 1.54) is 19.3 Å². The van der Waals surface area contributed by atoms with Gasteiger partial charge in [0.15, 0.2) is 0 Å². The quantitative estimate of drug-likeness (QED) is 0.375. The van der Waals surface area contributed by atoms with Crippen LogP contribution in [0, 0.1) is 0 Å². The molecule has 0 saturated heterocycles. The molecule has 0 aromatic carbocycles. The van der Waals surface area contributed by atoms with Gasteiger partial charge in [0, 0.05) is 0 Å². The molecule has 0 atom stereocenters. The molecule has 0 aromatic heterocycles. The molecule has 0 amide bonds. The molecule has 0 fully saturated rings. The van der Waals surface area contributed by atoms with E-state index in [0.717, 1.165) is 6.42 Å². The minimum atomic E-state index is -1.68. The van der Waals surface area contributed by atoms with Crippen LogP contribution in [0.25, 0.3) is 0 Å². The van der Waals surface area contributed by atoms with Crippen LogP contribution < -0.4 is 0 Å². The lowest BCUT2D eigenvalue weighted by Crippen LogP contribution is -2.28. The van der Waals surface area contributed by atoms with Crippen molar-refractivity contribution in [1.82, 2.24) is 0 Å². The third kappa shape index (κ3) is 11.4. The van der Waals surface area contributed by atoms with Crippen molar-refractivity contribution in [3.8, 4) is 0 Å². The van der Waals surface area contributed by atoms with Gasteiger partial charge in [0.2, 0.25) is 8.32 Å². The first-order chi connectivity index (χ1) is 6.95. The second-order valence-electron chi connectivity index (χ2n) is 4.76. The summed E-state index contributed by atoms with van der Waals surface area (Å²) in [4.78, 5) is 11.3. The van der Waals surface area contributed by atoms with Gasteiger partial charge >= 0.3 is 0 Å². The van der Waals surface area contributed by atoms with Crippen LogP contribution >= 0.6 is 0 Å². The lowest BCUT2D eigenvalue weighted by Gasteiger charge is -2.16. The summed E-state index contributed by atoms with van der Waals surface area (Å²) >= 11 is 0. The van der Waals surface area contributed by atoms with Gasteiger partial charge in [-0.3, -0.25) is 4.79 Å². The number of carbonyl (C=O) groups is 1. The van der Waals surface area contributed by atoms with Crippen molar-refractivity contribution < 1.29 is 9.22 Å². The monoisotopic (exact) mass is 228 g/mol. The third-order valence-corrected chi connectivity index (χ3v) is 2.69. The summed E-state index contributed by atoms with van der Waals surface area (Å²) in [6.45, 7) is 8.26. The molecule has 0 unspecified atom stereocenters. The van der Waals surface area contributed by atoms with E-state index in [9.17, 15) is 4.79 Å². The summed E-state index contributed by atoms with van der Waals surface area (Å²) in [6.07, 6.45) is 9.25. The van der Waals surface area contributed by atoms with Crippen LogP contribution in [0.2, 0.25) is 19.6 Å². The van der Waals surface area contributed by atoms with Gasteiger partial charge in [0.05, 0.1) is 6.42 Å². The normalized spacial score (nSPS) is 12.0. The number of allylic oxidation sites excluding steroid dienone is 1. The number of rotatable bonds is 7. The van der Waals surface area contributed by atoms with E-state index in [1.807, 2.05) is 25.7 Å². The molecule has 0 rings (SSSR count). The Morgan fingerprint density at radius 1 is 1.20 bits per heavy atom. The minimum absolute atomic E-state index is 0.0825. The molecule has 15 heavy (non-hydrogen) atoms. The highest BCUT2D eigenvalue weighted by Gasteiger charge is 2.18. The molecule has 0 aromatic rings. The Hall–Kier alpha value is -0.573. The third-order valence-electron chi connectivity index (χ3n) is 1.85. The van der Waals surface area contributed by atoms with Crippen molar-refractivity contribution in [2.45, 2.75) is 58.7 Å². The molecule has 0 aliphatic carbocycles. The minimum Gasteiger partial charge on any atom is -0.520 e. The van der Waals surface area contributed by atoms with Crippen LogP contribution in [0.3, 0.4) is 0 Å². The summed E-state index contributed by atoms with van der Waals surface area (Å²) in [5.74, 6) is -0.0825. The maximum atomic E-state index is 11.3. The van der Waals surface area contributed by atoms with E-state index >= 15 is 0 Å². The Morgan fingerprint density at radius 2 is 1.87 bits per heavy atom. The summed E-state index contributed by atoms with van der Waals surface area (Å²) in [7, 11) is -1.68. The zero-order valence-electron chi connectivity index (χ0n) is 10.5. The molecule has 0 N–H and O–H groups in total. The largest absolute Gasteiger partial charge is 0.520 e. The Labute approximate surface area is 94.8 Å². The maximum Gasteiger partial charge on any atom is 0.296 e. The number of hydrogen-bond acceptors (Lipinski definition) is 2. The van der Waals surface area contributed by atoms with Crippen molar-refractivity contribution in [2.24, 2.45) is 0 Å². The van der Waals surface area contributed by atoms with Crippen molar-refractivity contribution >= 4 is 14.3 Å². The number of unbranched alkanes of at least 4 members (excludes halogenated alkanes) is 3. The molecule has 88 valence electrons. The first-order valence-corrected chi connectivity index (χ1v) is 9.23. The summed E-state index contributed by atoms with van der Waals surface area (Å²) in [5.41, 5.74) is 0. The van der Waals surface area contributed by atoms with E-state index in [2.05, 4.69) is 13.0 Å². The zero-order valence-corrected chi connectivity index (χ0v) is 11.5. The second-order valence-corrected chi connectivity index (χ2v) is 9.19. The first kappa shape index (κ1) is 14.4. The molecule has 0 bridgehead atoms. The molecule has 0 aliphatic rings. The highest BCUT2D eigenvalue weighted by Crippen LogP contribution is 2.05. The fraction of sp³-hybridized carbons (Fsp3) is 0.750. The van der Waals surface area contributed by atoms with Gasteiger partial charge in [-0.1, -0.05) is 31.9 Å².